The molecule has 1 atom stereocenters. The van der Waals surface area contributed by atoms with Gasteiger partial charge >= 0.3 is 0 Å². The van der Waals surface area contributed by atoms with E-state index in [2.05, 4.69) is 0 Å². The van der Waals surface area contributed by atoms with Gasteiger partial charge in [0.05, 0.1) is 25.9 Å². The standard InChI is InChI=1S/C10H17ClO2/c1-5-10(13-4)9(11)6-8(2)7-12-3/h5,7,9H,6H2,1-4H3/b8-7+,10-5+. The molecule has 0 saturated carbocycles. The molecule has 0 heterocycles. The number of allylic oxidation sites excluding steroid dienone is 3. The molecule has 0 spiro atoms. The van der Waals surface area contributed by atoms with Crippen LogP contribution in [-0.2, 0) is 9.47 Å². The predicted molar refractivity (Wildman–Crippen MR) is 55.8 cm³/mol. The second kappa shape index (κ2) is 6.84. The van der Waals surface area contributed by atoms with Crippen LogP contribution in [0.1, 0.15) is 20.3 Å². The molecule has 0 aliphatic heterocycles. The Kier molecular flexibility index (Phi) is 6.51. The van der Waals surface area contributed by atoms with Gasteiger partial charge in [-0.2, -0.15) is 0 Å². The molecular weight excluding hydrogens is 188 g/mol. The molecule has 3 heteroatoms. The summed E-state index contributed by atoms with van der Waals surface area (Å²) in [7, 11) is 3.25. The minimum Gasteiger partial charge on any atom is -0.504 e. The van der Waals surface area contributed by atoms with Crippen molar-refractivity contribution in [2.75, 3.05) is 14.2 Å². The average Bonchev–Trinajstić information content (AvgIpc) is 2.06. The minimum atomic E-state index is -0.110. The van der Waals surface area contributed by atoms with Gasteiger partial charge in [-0.15, -0.1) is 11.6 Å². The fourth-order valence-electron chi connectivity index (χ4n) is 1.06. The van der Waals surface area contributed by atoms with E-state index in [1.54, 1.807) is 20.5 Å². The van der Waals surface area contributed by atoms with Crippen molar-refractivity contribution in [3.8, 4) is 0 Å². The second-order valence-corrected chi connectivity index (χ2v) is 3.29. The summed E-state index contributed by atoms with van der Waals surface area (Å²) in [5, 5.41) is -0.110. The van der Waals surface area contributed by atoms with Crippen molar-refractivity contribution in [3.05, 3.63) is 23.7 Å². The molecule has 0 N–H and O–H groups in total. The Balaban J connectivity index is 4.13. The first-order valence-electron chi connectivity index (χ1n) is 4.18. The van der Waals surface area contributed by atoms with Crippen LogP contribution in [0.5, 0.6) is 0 Å². The van der Waals surface area contributed by atoms with Gasteiger partial charge in [0.2, 0.25) is 0 Å². The van der Waals surface area contributed by atoms with Crippen LogP contribution in [0.25, 0.3) is 0 Å². The van der Waals surface area contributed by atoms with E-state index in [1.807, 2.05) is 19.9 Å². The molecular formula is C10H17ClO2. The van der Waals surface area contributed by atoms with Gasteiger partial charge in [-0.3, -0.25) is 0 Å². The molecule has 0 aromatic carbocycles. The maximum atomic E-state index is 6.09. The Morgan fingerprint density at radius 1 is 1.46 bits per heavy atom. The third kappa shape index (κ3) is 4.83. The maximum absolute atomic E-state index is 6.09. The second-order valence-electron chi connectivity index (χ2n) is 2.77. The van der Waals surface area contributed by atoms with Crippen LogP contribution in [0, 0.1) is 0 Å². The lowest BCUT2D eigenvalue weighted by molar-refractivity contribution is 0.277. The van der Waals surface area contributed by atoms with Crippen LogP contribution >= 0.6 is 11.6 Å². The predicted octanol–water partition coefficient (Wildman–Crippen LogP) is 3.08. The summed E-state index contributed by atoms with van der Waals surface area (Å²) in [6, 6.07) is 0. The van der Waals surface area contributed by atoms with Crippen LogP contribution in [0.2, 0.25) is 0 Å². The lowest BCUT2D eigenvalue weighted by Crippen LogP contribution is -2.05. The molecule has 0 aromatic heterocycles. The molecule has 0 bridgehead atoms. The lowest BCUT2D eigenvalue weighted by atomic mass is 10.1. The van der Waals surface area contributed by atoms with E-state index in [9.17, 15) is 0 Å². The molecule has 0 amide bonds. The van der Waals surface area contributed by atoms with Crippen molar-refractivity contribution >= 4 is 11.6 Å². The summed E-state index contributed by atoms with van der Waals surface area (Å²) >= 11 is 6.09. The number of alkyl halides is 1. The van der Waals surface area contributed by atoms with Gasteiger partial charge in [-0.25, -0.2) is 0 Å². The van der Waals surface area contributed by atoms with Crippen LogP contribution in [0.3, 0.4) is 0 Å². The summed E-state index contributed by atoms with van der Waals surface area (Å²) in [4.78, 5) is 0. The van der Waals surface area contributed by atoms with Crippen molar-refractivity contribution in [3.63, 3.8) is 0 Å². The molecule has 1 unspecified atom stereocenters. The van der Waals surface area contributed by atoms with Gasteiger partial charge in [0.15, 0.2) is 0 Å². The highest BCUT2D eigenvalue weighted by molar-refractivity contribution is 6.22. The molecule has 0 aliphatic carbocycles. The van der Waals surface area contributed by atoms with E-state index < -0.39 is 0 Å². The minimum absolute atomic E-state index is 0.110. The van der Waals surface area contributed by atoms with Gasteiger partial charge in [-0.05, 0) is 31.9 Å². The monoisotopic (exact) mass is 204 g/mol. The van der Waals surface area contributed by atoms with Crippen LogP contribution in [0.4, 0.5) is 0 Å². The van der Waals surface area contributed by atoms with E-state index in [4.69, 9.17) is 21.1 Å². The number of hydrogen-bond acceptors (Lipinski definition) is 2. The molecule has 0 aromatic rings. The van der Waals surface area contributed by atoms with Gasteiger partial charge in [0, 0.05) is 0 Å². The van der Waals surface area contributed by atoms with Crippen molar-refractivity contribution < 1.29 is 9.47 Å². The summed E-state index contributed by atoms with van der Waals surface area (Å²) < 4.78 is 9.97. The van der Waals surface area contributed by atoms with Gasteiger partial charge in [0.25, 0.3) is 0 Å². The summed E-state index contributed by atoms with van der Waals surface area (Å²) in [5.41, 5.74) is 1.10. The number of hydrogen-bond donors (Lipinski definition) is 0. The van der Waals surface area contributed by atoms with Crippen molar-refractivity contribution in [1.82, 2.24) is 0 Å². The normalized spacial score (nSPS) is 15.5. The van der Waals surface area contributed by atoms with E-state index in [0.29, 0.717) is 0 Å². The first kappa shape index (κ1) is 12.4. The number of ether oxygens (including phenoxy) is 2. The molecule has 2 nitrogen and oxygen atoms in total. The Morgan fingerprint density at radius 2 is 2.08 bits per heavy atom. The smallest absolute Gasteiger partial charge is 0.109 e. The van der Waals surface area contributed by atoms with E-state index in [0.717, 1.165) is 17.8 Å². The molecule has 76 valence electrons. The van der Waals surface area contributed by atoms with Gasteiger partial charge in [0.1, 0.15) is 5.76 Å². The maximum Gasteiger partial charge on any atom is 0.109 e. The molecule has 0 radical (unpaired) electrons. The largest absolute Gasteiger partial charge is 0.504 e. The number of rotatable bonds is 5. The fraction of sp³-hybridized carbons (Fsp3) is 0.600. The van der Waals surface area contributed by atoms with Crippen LogP contribution in [0.15, 0.2) is 23.7 Å². The number of halogens is 1. The first-order chi connectivity index (χ1) is 6.15. The highest BCUT2D eigenvalue weighted by Crippen LogP contribution is 2.18. The summed E-state index contributed by atoms with van der Waals surface area (Å²) in [6.45, 7) is 3.88. The Bertz CT molecular complexity index is 197. The third-order valence-corrected chi connectivity index (χ3v) is 2.02. The zero-order valence-corrected chi connectivity index (χ0v) is 9.39. The first-order valence-corrected chi connectivity index (χ1v) is 4.62. The van der Waals surface area contributed by atoms with Crippen LogP contribution < -0.4 is 0 Å². The summed E-state index contributed by atoms with van der Waals surface area (Å²) in [5.74, 6) is 0.797. The van der Waals surface area contributed by atoms with Crippen molar-refractivity contribution in [2.24, 2.45) is 0 Å². The van der Waals surface area contributed by atoms with E-state index >= 15 is 0 Å². The quantitative estimate of drug-likeness (QED) is 0.506. The van der Waals surface area contributed by atoms with Crippen molar-refractivity contribution in [2.45, 2.75) is 25.6 Å². The Labute approximate surface area is 85.2 Å². The molecule has 0 fully saturated rings. The zero-order valence-electron chi connectivity index (χ0n) is 8.63. The molecule has 0 rings (SSSR count). The number of methoxy groups -OCH3 is 2. The Hall–Kier alpha value is -0.630. The molecule has 13 heavy (non-hydrogen) atoms. The fourth-order valence-corrected chi connectivity index (χ4v) is 1.52. The molecule has 0 aliphatic rings. The third-order valence-electron chi connectivity index (χ3n) is 1.65. The Morgan fingerprint density at radius 3 is 2.46 bits per heavy atom. The highest BCUT2D eigenvalue weighted by atomic mass is 35.5. The van der Waals surface area contributed by atoms with Gasteiger partial charge < -0.3 is 9.47 Å². The van der Waals surface area contributed by atoms with Gasteiger partial charge in [-0.1, -0.05) is 0 Å². The van der Waals surface area contributed by atoms with Crippen molar-refractivity contribution in [1.29, 1.82) is 0 Å². The molecule has 0 saturated heterocycles. The SMILES string of the molecule is C/C=C(/OC)C(Cl)C/C(C)=C/OC. The van der Waals surface area contributed by atoms with E-state index in [1.165, 1.54) is 0 Å². The lowest BCUT2D eigenvalue weighted by Gasteiger charge is -2.12. The topological polar surface area (TPSA) is 18.5 Å². The van der Waals surface area contributed by atoms with Crippen LogP contribution in [-0.4, -0.2) is 19.6 Å². The zero-order chi connectivity index (χ0) is 10.3. The highest BCUT2D eigenvalue weighted by Gasteiger charge is 2.11. The summed E-state index contributed by atoms with van der Waals surface area (Å²) in [6.07, 6.45) is 4.30. The van der Waals surface area contributed by atoms with E-state index in [-0.39, 0.29) is 5.38 Å². The average molecular weight is 205 g/mol.